The van der Waals surface area contributed by atoms with Crippen molar-refractivity contribution in [3.05, 3.63) is 71.9 Å². The number of hydrogen-bond acceptors (Lipinski definition) is 2. The highest BCUT2D eigenvalue weighted by Gasteiger charge is 2.43. The van der Waals surface area contributed by atoms with Gasteiger partial charge < -0.3 is 4.57 Å². The van der Waals surface area contributed by atoms with Crippen LogP contribution in [-0.2, 0) is 11.4 Å². The summed E-state index contributed by atoms with van der Waals surface area (Å²) < 4.78 is 2.45. The van der Waals surface area contributed by atoms with Crippen LogP contribution in [0, 0.1) is 0 Å². The third kappa shape index (κ3) is 1.97. The molecule has 3 heterocycles. The molecule has 3 nitrogen and oxygen atoms in total. The number of hydrogen-bond donors (Lipinski definition) is 0. The number of benzene rings is 2. The number of para-hydroxylation sites is 1. The summed E-state index contributed by atoms with van der Waals surface area (Å²) in [4.78, 5) is 6.30. The van der Waals surface area contributed by atoms with E-state index < -0.39 is 0 Å². The molecule has 2 aromatic carbocycles. The zero-order chi connectivity index (χ0) is 15.4. The summed E-state index contributed by atoms with van der Waals surface area (Å²) >= 11 is 0. The molecular weight excluding hydrogens is 284 g/mol. The van der Waals surface area contributed by atoms with Gasteiger partial charge >= 0.3 is 0 Å². The zero-order valence-electron chi connectivity index (χ0n) is 13.2. The Kier molecular flexibility index (Phi) is 2.87. The van der Waals surface area contributed by atoms with Gasteiger partial charge in [0.1, 0.15) is 0 Å². The van der Waals surface area contributed by atoms with Gasteiger partial charge in [0.05, 0.1) is 24.7 Å². The Bertz CT molecular complexity index is 854. The number of nitrogens with zero attached hydrogens (tertiary/aromatic N) is 2. The van der Waals surface area contributed by atoms with Gasteiger partial charge in [0.2, 0.25) is 0 Å². The highest BCUT2D eigenvalue weighted by molar-refractivity contribution is 5.81. The molecule has 0 radical (unpaired) electrons. The van der Waals surface area contributed by atoms with Crippen LogP contribution in [-0.4, -0.2) is 15.7 Å². The van der Waals surface area contributed by atoms with Gasteiger partial charge in [-0.1, -0.05) is 48.5 Å². The van der Waals surface area contributed by atoms with Crippen molar-refractivity contribution >= 4 is 10.9 Å². The third-order valence-electron chi connectivity index (χ3n) is 5.30. The van der Waals surface area contributed by atoms with Crippen LogP contribution in [0.2, 0.25) is 0 Å². The maximum Gasteiger partial charge on any atom is 0.0991 e. The summed E-state index contributed by atoms with van der Waals surface area (Å²) in [5, 5.41) is 3.56. The predicted molar refractivity (Wildman–Crippen MR) is 90.9 cm³/mol. The molecule has 2 aliphatic rings. The van der Waals surface area contributed by atoms with Crippen LogP contribution in [0.5, 0.6) is 0 Å². The van der Waals surface area contributed by atoms with Crippen molar-refractivity contribution in [1.29, 1.82) is 0 Å². The van der Waals surface area contributed by atoms with Crippen LogP contribution in [0.25, 0.3) is 10.9 Å². The van der Waals surface area contributed by atoms with E-state index in [1.54, 1.807) is 0 Å². The lowest BCUT2D eigenvalue weighted by molar-refractivity contribution is -0.185. The normalized spacial score (nSPS) is 24.7. The van der Waals surface area contributed by atoms with E-state index in [0.29, 0.717) is 6.04 Å². The minimum Gasteiger partial charge on any atom is -0.340 e. The summed E-state index contributed by atoms with van der Waals surface area (Å²) in [6.45, 7) is 3.19. The Hall–Kier alpha value is -2.10. The quantitative estimate of drug-likeness (QED) is 0.695. The van der Waals surface area contributed by atoms with Gasteiger partial charge in [0.15, 0.2) is 0 Å². The van der Waals surface area contributed by atoms with E-state index in [9.17, 15) is 0 Å². The molecule has 23 heavy (non-hydrogen) atoms. The first kappa shape index (κ1) is 13.3. The third-order valence-corrected chi connectivity index (χ3v) is 5.30. The Morgan fingerprint density at radius 1 is 1.04 bits per heavy atom. The first-order chi connectivity index (χ1) is 11.3. The van der Waals surface area contributed by atoms with Gasteiger partial charge in [-0.3, -0.25) is 4.84 Å². The van der Waals surface area contributed by atoms with Crippen LogP contribution in [0.15, 0.2) is 60.7 Å². The number of rotatable bonds is 2. The van der Waals surface area contributed by atoms with Crippen molar-refractivity contribution in [2.75, 3.05) is 0 Å². The second-order valence-corrected chi connectivity index (χ2v) is 6.66. The molecular formula is C20H20N2O. The van der Waals surface area contributed by atoms with E-state index in [2.05, 4.69) is 77.2 Å². The molecule has 1 aromatic heterocycles. The van der Waals surface area contributed by atoms with Crippen LogP contribution < -0.4 is 0 Å². The van der Waals surface area contributed by atoms with Crippen molar-refractivity contribution in [1.82, 2.24) is 9.63 Å². The van der Waals surface area contributed by atoms with E-state index in [0.717, 1.165) is 13.0 Å². The number of hydroxylamine groups is 2. The molecule has 0 unspecified atom stereocenters. The molecule has 116 valence electrons. The number of aromatic nitrogens is 1. The van der Waals surface area contributed by atoms with E-state index in [4.69, 9.17) is 4.84 Å². The van der Waals surface area contributed by atoms with Crippen LogP contribution in [0.4, 0.5) is 0 Å². The molecule has 1 saturated heterocycles. The molecule has 0 saturated carbocycles. The second kappa shape index (κ2) is 4.95. The van der Waals surface area contributed by atoms with Gasteiger partial charge in [-0.05, 0) is 30.0 Å². The van der Waals surface area contributed by atoms with Crippen molar-refractivity contribution in [3.63, 3.8) is 0 Å². The minimum atomic E-state index is 0.260. The monoisotopic (exact) mass is 304 g/mol. The van der Waals surface area contributed by atoms with Gasteiger partial charge in [0.25, 0.3) is 0 Å². The molecule has 5 rings (SSSR count). The smallest absolute Gasteiger partial charge is 0.0991 e. The molecule has 0 aliphatic carbocycles. The zero-order valence-corrected chi connectivity index (χ0v) is 13.2. The Labute approximate surface area is 136 Å². The molecule has 3 atom stereocenters. The first-order valence-corrected chi connectivity index (χ1v) is 8.39. The topological polar surface area (TPSA) is 17.4 Å². The molecule has 2 aliphatic heterocycles. The fraction of sp³-hybridized carbons (Fsp3) is 0.300. The fourth-order valence-corrected chi connectivity index (χ4v) is 4.16. The Balaban J connectivity index is 1.57. The molecule has 2 bridgehead atoms. The molecule has 3 heteroatoms. The Morgan fingerprint density at radius 2 is 1.83 bits per heavy atom. The van der Waals surface area contributed by atoms with Crippen LogP contribution in [0.1, 0.15) is 36.7 Å². The van der Waals surface area contributed by atoms with Crippen molar-refractivity contribution in [3.8, 4) is 0 Å². The minimum absolute atomic E-state index is 0.260. The highest BCUT2D eigenvalue weighted by Crippen LogP contribution is 2.45. The van der Waals surface area contributed by atoms with Crippen LogP contribution >= 0.6 is 0 Å². The molecule has 0 N–H and O–H groups in total. The molecule has 3 aromatic rings. The summed E-state index contributed by atoms with van der Waals surface area (Å²) in [5.41, 5.74) is 4.03. The lowest BCUT2D eigenvalue weighted by Gasteiger charge is -2.28. The largest absolute Gasteiger partial charge is 0.340 e. The van der Waals surface area contributed by atoms with Crippen LogP contribution in [0.3, 0.4) is 0 Å². The summed E-state index contributed by atoms with van der Waals surface area (Å²) in [6, 6.07) is 22.3. The second-order valence-electron chi connectivity index (χ2n) is 6.66. The Morgan fingerprint density at radius 3 is 2.70 bits per heavy atom. The lowest BCUT2D eigenvalue weighted by atomic mass is 10.0. The average Bonchev–Trinajstić information content (AvgIpc) is 3.15. The van der Waals surface area contributed by atoms with Crippen molar-refractivity contribution < 1.29 is 4.84 Å². The highest BCUT2D eigenvalue weighted by atomic mass is 16.7. The van der Waals surface area contributed by atoms with E-state index >= 15 is 0 Å². The lowest BCUT2D eigenvalue weighted by Crippen LogP contribution is -2.26. The number of fused-ring (bicyclic) bond motifs is 6. The average molecular weight is 304 g/mol. The van der Waals surface area contributed by atoms with E-state index in [-0.39, 0.29) is 12.1 Å². The van der Waals surface area contributed by atoms with Crippen molar-refractivity contribution in [2.24, 2.45) is 0 Å². The molecule has 0 spiro atoms. The fourth-order valence-electron chi connectivity index (χ4n) is 4.16. The summed E-state index contributed by atoms with van der Waals surface area (Å²) in [5.74, 6) is 0. The standard InChI is InChI=1S/C20H20N2O/c1-14(15-7-3-2-4-8-15)22-20-12-17(23-22)13-21-18-10-6-5-9-16(18)11-19(20)21/h2-11,14,17,20H,12-13H2,1H3/t14-,17+,20-/m1/s1. The van der Waals surface area contributed by atoms with Crippen molar-refractivity contribution in [2.45, 2.75) is 38.1 Å². The SMILES string of the molecule is C[C@H](c1ccccc1)N1O[C@H]2C[C@@H]1c1cc3ccccc3n1C2. The molecule has 0 amide bonds. The predicted octanol–water partition coefficient (Wildman–Crippen LogP) is 4.46. The van der Waals surface area contributed by atoms with Gasteiger partial charge in [-0.2, -0.15) is 5.06 Å². The van der Waals surface area contributed by atoms with E-state index in [1.807, 2.05) is 0 Å². The summed E-state index contributed by atoms with van der Waals surface area (Å²) in [6.07, 6.45) is 1.38. The van der Waals surface area contributed by atoms with Gasteiger partial charge in [-0.15, -0.1) is 0 Å². The first-order valence-electron chi connectivity index (χ1n) is 8.39. The van der Waals surface area contributed by atoms with E-state index in [1.165, 1.54) is 22.2 Å². The summed E-state index contributed by atoms with van der Waals surface area (Å²) in [7, 11) is 0. The molecule has 1 fully saturated rings. The van der Waals surface area contributed by atoms with Gasteiger partial charge in [-0.25, -0.2) is 0 Å². The maximum absolute atomic E-state index is 6.30. The van der Waals surface area contributed by atoms with Gasteiger partial charge in [0, 0.05) is 17.6 Å². The maximum atomic E-state index is 6.30.